The Morgan fingerprint density at radius 1 is 0.833 bits per heavy atom. The molecule has 3 heterocycles. The minimum atomic E-state index is -4.46. The molecular weight excluding hydrogens is 543 g/mol. The van der Waals surface area contributed by atoms with Gasteiger partial charge in [-0.1, -0.05) is 25.3 Å². The van der Waals surface area contributed by atoms with Crippen LogP contribution in [0.5, 0.6) is 5.75 Å². The fraction of sp³-hybridized carbons (Fsp3) is 0.594. The first-order valence-corrected chi connectivity index (χ1v) is 15.6. The minimum Gasteiger partial charge on any atom is -0.489 e. The number of hydrogen-bond acceptors (Lipinski definition) is 6. The molecule has 0 bridgehead atoms. The van der Waals surface area contributed by atoms with Crippen LogP contribution in [0.25, 0.3) is 0 Å². The summed E-state index contributed by atoms with van der Waals surface area (Å²) in [7, 11) is 0. The fourth-order valence-electron chi connectivity index (χ4n) is 7.00. The predicted molar refractivity (Wildman–Crippen MR) is 159 cm³/mol. The Morgan fingerprint density at radius 2 is 1.60 bits per heavy atom. The average Bonchev–Trinajstić information content (AvgIpc) is 3.54. The van der Waals surface area contributed by atoms with E-state index in [-0.39, 0.29) is 17.7 Å². The van der Waals surface area contributed by atoms with E-state index in [4.69, 9.17) is 4.74 Å². The standard InChI is InChI=1S/C32H42F3N5O2/c33-32(34,35)27-7-4-8-28(38-15-13-36-14-16-38)30(27)39-17-19-40(20-18-39)31(41)24-9-10-29(42-25-11-12-37-22-25)26(21-24)23-5-2-1-3-6-23/h4,7-10,21,23,25,36-37H,1-3,5-6,11-20,22H2/t25-/m0/s1. The SMILES string of the molecule is O=C(c1ccc(O[C@H]2CCNC2)c(C2CCCCC2)c1)N1CCN(c2c(N3CCNCC3)cccc2C(F)(F)F)CC1. The zero-order valence-corrected chi connectivity index (χ0v) is 24.2. The number of rotatable bonds is 6. The Hall–Kier alpha value is -2.98. The number of benzene rings is 2. The van der Waals surface area contributed by atoms with Gasteiger partial charge < -0.3 is 30.1 Å². The zero-order chi connectivity index (χ0) is 29.1. The molecule has 2 N–H and O–H groups in total. The van der Waals surface area contributed by atoms with Gasteiger partial charge in [-0.15, -0.1) is 0 Å². The molecule has 3 saturated heterocycles. The van der Waals surface area contributed by atoms with E-state index in [0.717, 1.165) is 56.8 Å². The Balaban J connectivity index is 1.20. The lowest BCUT2D eigenvalue weighted by molar-refractivity contribution is -0.137. The largest absolute Gasteiger partial charge is 0.489 e. The number of carbonyl (C=O) groups excluding carboxylic acids is 1. The molecule has 42 heavy (non-hydrogen) atoms. The maximum absolute atomic E-state index is 14.2. The van der Waals surface area contributed by atoms with E-state index in [2.05, 4.69) is 10.6 Å². The van der Waals surface area contributed by atoms with Gasteiger partial charge in [-0.05, 0) is 67.6 Å². The van der Waals surface area contributed by atoms with Crippen LogP contribution in [-0.4, -0.2) is 82.4 Å². The third-order valence-electron chi connectivity index (χ3n) is 9.27. The van der Waals surface area contributed by atoms with E-state index < -0.39 is 11.7 Å². The molecule has 0 aromatic heterocycles. The molecule has 0 radical (unpaired) electrons. The highest BCUT2D eigenvalue weighted by Crippen LogP contribution is 2.43. The van der Waals surface area contributed by atoms with Crippen molar-refractivity contribution in [1.82, 2.24) is 15.5 Å². The maximum Gasteiger partial charge on any atom is 0.418 e. The number of alkyl halides is 3. The summed E-state index contributed by atoms with van der Waals surface area (Å²) >= 11 is 0. The molecule has 0 unspecified atom stereocenters. The number of para-hydroxylation sites is 1. The summed E-state index contributed by atoms with van der Waals surface area (Å²) in [4.78, 5) is 19.4. The molecule has 10 heteroatoms. The van der Waals surface area contributed by atoms with Crippen molar-refractivity contribution < 1.29 is 22.7 Å². The van der Waals surface area contributed by atoms with E-state index in [1.165, 1.54) is 31.4 Å². The first kappa shape index (κ1) is 29.1. The molecule has 0 spiro atoms. The summed E-state index contributed by atoms with van der Waals surface area (Å²) in [5.41, 5.74) is 2.02. The summed E-state index contributed by atoms with van der Waals surface area (Å²) < 4.78 is 49.0. The summed E-state index contributed by atoms with van der Waals surface area (Å²) in [5.74, 6) is 1.21. The second-order valence-electron chi connectivity index (χ2n) is 12.0. The van der Waals surface area contributed by atoms with Crippen LogP contribution >= 0.6 is 0 Å². The molecule has 2 aromatic rings. The van der Waals surface area contributed by atoms with Gasteiger partial charge in [-0.2, -0.15) is 13.2 Å². The molecule has 3 aliphatic heterocycles. The van der Waals surface area contributed by atoms with Gasteiger partial charge in [-0.25, -0.2) is 0 Å². The summed E-state index contributed by atoms with van der Waals surface area (Å²) in [6.45, 7) is 6.03. The molecule has 7 nitrogen and oxygen atoms in total. The van der Waals surface area contributed by atoms with Crippen molar-refractivity contribution in [3.63, 3.8) is 0 Å². The van der Waals surface area contributed by atoms with Crippen LogP contribution in [0, 0.1) is 0 Å². The van der Waals surface area contributed by atoms with Gasteiger partial charge >= 0.3 is 6.18 Å². The van der Waals surface area contributed by atoms with Gasteiger partial charge in [0.15, 0.2) is 0 Å². The van der Waals surface area contributed by atoms with E-state index in [1.54, 1.807) is 11.0 Å². The number of amides is 1. The Morgan fingerprint density at radius 3 is 2.29 bits per heavy atom. The number of carbonyl (C=O) groups is 1. The molecule has 1 aliphatic carbocycles. The molecule has 6 rings (SSSR count). The van der Waals surface area contributed by atoms with Gasteiger partial charge in [0.25, 0.3) is 5.91 Å². The molecule has 1 atom stereocenters. The van der Waals surface area contributed by atoms with Crippen LogP contribution in [0.4, 0.5) is 24.5 Å². The third kappa shape index (κ3) is 6.34. The molecule has 1 saturated carbocycles. The fourth-order valence-corrected chi connectivity index (χ4v) is 7.00. The summed E-state index contributed by atoms with van der Waals surface area (Å²) in [5, 5.41) is 6.63. The van der Waals surface area contributed by atoms with Crippen molar-refractivity contribution in [1.29, 1.82) is 0 Å². The highest BCUT2D eigenvalue weighted by atomic mass is 19.4. The van der Waals surface area contributed by atoms with Crippen LogP contribution in [0.3, 0.4) is 0 Å². The summed E-state index contributed by atoms with van der Waals surface area (Å²) in [6, 6.07) is 10.3. The van der Waals surface area contributed by atoms with Crippen LogP contribution in [0.2, 0.25) is 0 Å². The number of halogens is 3. The third-order valence-corrected chi connectivity index (χ3v) is 9.27. The minimum absolute atomic E-state index is 0.0628. The van der Waals surface area contributed by atoms with E-state index in [1.807, 2.05) is 28.0 Å². The molecule has 4 aliphatic rings. The van der Waals surface area contributed by atoms with Crippen LogP contribution < -0.4 is 25.2 Å². The van der Waals surface area contributed by atoms with Crippen molar-refractivity contribution in [2.45, 2.75) is 56.7 Å². The van der Waals surface area contributed by atoms with Gasteiger partial charge in [0.1, 0.15) is 11.9 Å². The zero-order valence-electron chi connectivity index (χ0n) is 24.2. The van der Waals surface area contributed by atoms with Crippen molar-refractivity contribution in [3.05, 3.63) is 53.1 Å². The molecule has 2 aromatic carbocycles. The van der Waals surface area contributed by atoms with Gasteiger partial charge in [0.05, 0.1) is 16.9 Å². The lowest BCUT2D eigenvalue weighted by Gasteiger charge is -2.40. The van der Waals surface area contributed by atoms with E-state index in [9.17, 15) is 18.0 Å². The molecular formula is C32H42F3N5O2. The van der Waals surface area contributed by atoms with Crippen LogP contribution in [0.1, 0.15) is 65.9 Å². The molecule has 228 valence electrons. The Bertz CT molecular complexity index is 1230. The highest BCUT2D eigenvalue weighted by molar-refractivity contribution is 5.95. The van der Waals surface area contributed by atoms with Crippen LogP contribution in [-0.2, 0) is 6.18 Å². The maximum atomic E-state index is 14.2. The molecule has 4 fully saturated rings. The van der Waals surface area contributed by atoms with Crippen molar-refractivity contribution in [3.8, 4) is 5.75 Å². The quantitative estimate of drug-likeness (QED) is 0.505. The van der Waals surface area contributed by atoms with Crippen molar-refractivity contribution >= 4 is 17.3 Å². The highest BCUT2D eigenvalue weighted by Gasteiger charge is 2.38. The monoisotopic (exact) mass is 585 g/mol. The average molecular weight is 586 g/mol. The van der Waals surface area contributed by atoms with Gasteiger partial charge in [0, 0.05) is 64.5 Å². The number of piperazine rings is 2. The first-order valence-electron chi connectivity index (χ1n) is 15.6. The second kappa shape index (κ2) is 12.7. The summed E-state index contributed by atoms with van der Waals surface area (Å²) in [6.07, 6.45) is 2.48. The lowest BCUT2D eigenvalue weighted by Crippen LogP contribution is -2.50. The lowest BCUT2D eigenvalue weighted by atomic mass is 9.83. The van der Waals surface area contributed by atoms with Crippen molar-refractivity contribution in [2.75, 3.05) is 75.2 Å². The normalized spacial score (nSPS) is 22.5. The number of anilines is 2. The van der Waals surface area contributed by atoms with Gasteiger partial charge in [-0.3, -0.25) is 4.79 Å². The number of ether oxygens (including phenoxy) is 1. The van der Waals surface area contributed by atoms with Crippen molar-refractivity contribution in [2.24, 2.45) is 0 Å². The van der Waals surface area contributed by atoms with E-state index in [0.29, 0.717) is 56.4 Å². The topological polar surface area (TPSA) is 60.1 Å². The number of nitrogens with zero attached hydrogens (tertiary/aromatic N) is 3. The van der Waals surface area contributed by atoms with Crippen LogP contribution in [0.15, 0.2) is 36.4 Å². The second-order valence-corrected chi connectivity index (χ2v) is 12.0. The number of nitrogens with one attached hydrogen (secondary N) is 2. The Kier molecular flexibility index (Phi) is 8.81. The Labute approximate surface area is 246 Å². The predicted octanol–water partition coefficient (Wildman–Crippen LogP) is 4.87. The smallest absolute Gasteiger partial charge is 0.418 e. The first-order chi connectivity index (χ1) is 20.4. The molecule has 1 amide bonds. The van der Waals surface area contributed by atoms with Gasteiger partial charge in [0.2, 0.25) is 0 Å². The van der Waals surface area contributed by atoms with E-state index >= 15 is 0 Å². The number of hydrogen-bond donors (Lipinski definition) is 2.